The largest absolute Gasteiger partial charge is 0.412 e. The fourth-order valence-corrected chi connectivity index (χ4v) is 5.56. The van der Waals surface area contributed by atoms with Gasteiger partial charge in [0.05, 0.1) is 11.2 Å². The summed E-state index contributed by atoms with van der Waals surface area (Å²) in [7, 11) is 0. The van der Waals surface area contributed by atoms with Gasteiger partial charge in [0.2, 0.25) is 0 Å². The van der Waals surface area contributed by atoms with Crippen molar-refractivity contribution in [1.82, 2.24) is 25.1 Å². The zero-order valence-electron chi connectivity index (χ0n) is 23.3. The molecule has 2 aromatic carbocycles. The van der Waals surface area contributed by atoms with Crippen molar-refractivity contribution < 1.29 is 18.7 Å². The van der Waals surface area contributed by atoms with Crippen LogP contribution in [0.3, 0.4) is 0 Å². The highest BCUT2D eigenvalue weighted by molar-refractivity contribution is 5.89. The summed E-state index contributed by atoms with van der Waals surface area (Å²) in [4.78, 5) is 37.2. The molecule has 214 valence electrons. The Bertz CT molecular complexity index is 1310. The Labute approximate surface area is 234 Å². The summed E-state index contributed by atoms with van der Waals surface area (Å²) in [5, 5.41) is 5.63. The summed E-state index contributed by atoms with van der Waals surface area (Å²) in [6.07, 6.45) is 3.49. The first-order chi connectivity index (χ1) is 19.4. The maximum Gasteiger partial charge on any atom is 0.412 e. The Morgan fingerprint density at radius 3 is 2.48 bits per heavy atom. The molecule has 0 bridgehead atoms. The number of benzene rings is 2. The number of nitrogens with zero attached hydrogens (tertiary/aromatic N) is 3. The molecule has 5 rings (SSSR count). The van der Waals surface area contributed by atoms with E-state index in [1.807, 2.05) is 12.1 Å². The second kappa shape index (κ2) is 12.7. The summed E-state index contributed by atoms with van der Waals surface area (Å²) in [6.45, 7) is 9.11. The van der Waals surface area contributed by atoms with Crippen LogP contribution in [-0.2, 0) is 0 Å². The summed E-state index contributed by atoms with van der Waals surface area (Å²) in [6, 6.07) is 11.6. The van der Waals surface area contributed by atoms with E-state index in [0.29, 0.717) is 42.7 Å². The number of amides is 3. The monoisotopic (exact) mass is 550 g/mol. The van der Waals surface area contributed by atoms with Gasteiger partial charge in [0.1, 0.15) is 17.2 Å². The first-order valence-corrected chi connectivity index (χ1v) is 14.3. The molecular weight excluding hydrogens is 511 g/mol. The molecule has 1 aromatic heterocycles. The van der Waals surface area contributed by atoms with Gasteiger partial charge in [-0.3, -0.25) is 0 Å². The van der Waals surface area contributed by atoms with Gasteiger partial charge >= 0.3 is 12.1 Å². The van der Waals surface area contributed by atoms with Gasteiger partial charge in [-0.05, 0) is 74.9 Å². The lowest BCUT2D eigenvalue weighted by Crippen LogP contribution is -2.45. The number of rotatable bonds is 7. The molecule has 0 unspecified atom stereocenters. The first-order valence-electron chi connectivity index (χ1n) is 14.3. The van der Waals surface area contributed by atoms with Crippen molar-refractivity contribution in [2.75, 3.05) is 44.6 Å². The predicted molar refractivity (Wildman–Crippen MR) is 153 cm³/mol. The fraction of sp³-hybridized carbons (Fsp3) is 0.500. The lowest BCUT2D eigenvalue weighted by Gasteiger charge is -2.37. The minimum absolute atomic E-state index is 0.218. The maximum absolute atomic E-state index is 13.8. The third-order valence-electron chi connectivity index (χ3n) is 8.02. The fourth-order valence-electron chi connectivity index (χ4n) is 5.56. The van der Waals surface area contributed by atoms with Crippen LogP contribution in [0.1, 0.15) is 51.3 Å². The Balaban J connectivity index is 0.999. The van der Waals surface area contributed by atoms with Crippen molar-refractivity contribution in [2.24, 2.45) is 11.8 Å². The smallest absolute Gasteiger partial charge is 0.408 e. The van der Waals surface area contributed by atoms with Crippen LogP contribution in [0.2, 0.25) is 0 Å². The van der Waals surface area contributed by atoms with Crippen molar-refractivity contribution in [3.8, 4) is 5.75 Å². The molecule has 0 radical (unpaired) electrons. The molecule has 3 heterocycles. The number of piperidine rings is 2. The van der Waals surface area contributed by atoms with E-state index in [4.69, 9.17) is 4.74 Å². The number of likely N-dealkylation sites (tertiary alicyclic amines) is 2. The van der Waals surface area contributed by atoms with E-state index in [-0.39, 0.29) is 17.6 Å². The molecule has 3 N–H and O–H groups in total. The number of hydrogen-bond donors (Lipinski definition) is 3. The van der Waals surface area contributed by atoms with Crippen LogP contribution in [-0.4, -0.2) is 71.2 Å². The third-order valence-corrected chi connectivity index (χ3v) is 8.02. The normalized spacial score (nSPS) is 17.4. The van der Waals surface area contributed by atoms with Crippen molar-refractivity contribution in [3.05, 3.63) is 54.1 Å². The maximum atomic E-state index is 13.8. The van der Waals surface area contributed by atoms with Crippen LogP contribution in [0.4, 0.5) is 19.7 Å². The highest BCUT2D eigenvalue weighted by Gasteiger charge is 2.27. The number of para-hydroxylation sites is 2. The third kappa shape index (κ3) is 6.91. The molecule has 9 nitrogen and oxygen atoms in total. The standard InChI is InChI=1S/C30H39FN6O3/c1-20(2)28-33-25-8-5-9-26(27(25)35-28)40-30(39)32-18-21-10-14-36(15-11-21)19-22-12-16-37(17-13-22)29(38)34-24-7-4-3-6-23(24)31/h3-9,20-22H,10-19H2,1-2H3,(H,32,39)(H,33,35)(H,34,38). The van der Waals surface area contributed by atoms with Crippen molar-refractivity contribution in [2.45, 2.75) is 45.4 Å². The predicted octanol–water partition coefficient (Wildman–Crippen LogP) is 5.57. The molecule has 0 saturated carbocycles. The van der Waals surface area contributed by atoms with Crippen LogP contribution in [0.5, 0.6) is 5.75 Å². The Kier molecular flexibility index (Phi) is 8.84. The van der Waals surface area contributed by atoms with E-state index in [0.717, 1.165) is 56.7 Å². The number of H-pyrrole nitrogens is 1. The van der Waals surface area contributed by atoms with E-state index in [9.17, 15) is 14.0 Å². The van der Waals surface area contributed by atoms with Crippen LogP contribution in [0, 0.1) is 17.7 Å². The average Bonchev–Trinajstić information content (AvgIpc) is 3.40. The summed E-state index contributed by atoms with van der Waals surface area (Å²) in [5.41, 5.74) is 1.75. The highest BCUT2D eigenvalue weighted by Crippen LogP contribution is 2.26. The molecule has 0 atom stereocenters. The van der Waals surface area contributed by atoms with E-state index < -0.39 is 11.9 Å². The van der Waals surface area contributed by atoms with Gasteiger partial charge in [0, 0.05) is 32.1 Å². The summed E-state index contributed by atoms with van der Waals surface area (Å²) in [5.74, 6) is 2.13. The van der Waals surface area contributed by atoms with Crippen LogP contribution >= 0.6 is 0 Å². The molecule has 3 amide bonds. The van der Waals surface area contributed by atoms with Gasteiger partial charge < -0.3 is 30.2 Å². The summed E-state index contributed by atoms with van der Waals surface area (Å²) < 4.78 is 19.5. The van der Waals surface area contributed by atoms with Gasteiger partial charge in [-0.15, -0.1) is 0 Å². The molecule has 2 saturated heterocycles. The molecular formula is C30H39FN6O3. The topological polar surface area (TPSA) is 103 Å². The number of urea groups is 1. The van der Waals surface area contributed by atoms with Crippen molar-refractivity contribution in [1.29, 1.82) is 0 Å². The van der Waals surface area contributed by atoms with Gasteiger partial charge in [-0.2, -0.15) is 0 Å². The zero-order chi connectivity index (χ0) is 28.1. The number of hydrogen-bond acceptors (Lipinski definition) is 5. The molecule has 2 fully saturated rings. The molecule has 3 aromatic rings. The SMILES string of the molecule is CC(C)c1nc2c(OC(=O)NCC3CCN(CC4CCN(C(=O)Nc5ccccc5F)CC4)CC3)cccc2[nH]1. The highest BCUT2D eigenvalue weighted by atomic mass is 19.1. The lowest BCUT2D eigenvalue weighted by atomic mass is 9.93. The number of imidazole rings is 1. The Morgan fingerprint density at radius 2 is 1.75 bits per heavy atom. The average molecular weight is 551 g/mol. The summed E-state index contributed by atoms with van der Waals surface area (Å²) >= 11 is 0. The van der Waals surface area contributed by atoms with Crippen molar-refractivity contribution in [3.63, 3.8) is 0 Å². The number of fused-ring (bicyclic) bond motifs is 1. The Morgan fingerprint density at radius 1 is 1.02 bits per heavy atom. The van der Waals surface area contributed by atoms with E-state index in [1.165, 1.54) is 6.07 Å². The van der Waals surface area contributed by atoms with Gasteiger partial charge in [0.15, 0.2) is 5.75 Å². The molecule has 40 heavy (non-hydrogen) atoms. The first kappa shape index (κ1) is 27.9. The van der Waals surface area contributed by atoms with Gasteiger partial charge in [0.25, 0.3) is 0 Å². The minimum Gasteiger partial charge on any atom is -0.408 e. The number of halogens is 1. The number of aromatic amines is 1. The second-order valence-corrected chi connectivity index (χ2v) is 11.3. The number of ether oxygens (including phenoxy) is 1. The van der Waals surface area contributed by atoms with E-state index in [2.05, 4.69) is 39.3 Å². The minimum atomic E-state index is -0.449. The lowest BCUT2D eigenvalue weighted by molar-refractivity contribution is 0.125. The van der Waals surface area contributed by atoms with Crippen molar-refractivity contribution >= 4 is 28.8 Å². The zero-order valence-corrected chi connectivity index (χ0v) is 23.3. The Hall–Kier alpha value is -3.66. The quantitative estimate of drug-likeness (QED) is 0.357. The molecule has 2 aliphatic heterocycles. The number of aromatic nitrogens is 2. The molecule has 0 spiro atoms. The number of anilines is 1. The van der Waals surface area contributed by atoms with Gasteiger partial charge in [-0.1, -0.05) is 32.0 Å². The van der Waals surface area contributed by atoms with E-state index >= 15 is 0 Å². The van der Waals surface area contributed by atoms with Crippen LogP contribution in [0.15, 0.2) is 42.5 Å². The second-order valence-electron chi connectivity index (χ2n) is 11.3. The van der Waals surface area contributed by atoms with Gasteiger partial charge in [-0.25, -0.2) is 19.0 Å². The molecule has 0 aliphatic carbocycles. The molecule has 2 aliphatic rings. The molecule has 10 heteroatoms. The number of nitrogens with one attached hydrogen (secondary N) is 3. The van der Waals surface area contributed by atoms with Crippen LogP contribution in [0.25, 0.3) is 11.0 Å². The van der Waals surface area contributed by atoms with E-state index in [1.54, 1.807) is 29.2 Å². The van der Waals surface area contributed by atoms with Crippen LogP contribution < -0.4 is 15.4 Å². The number of carbonyl (C=O) groups excluding carboxylic acids is 2. The number of carbonyl (C=O) groups is 2.